The lowest BCUT2D eigenvalue weighted by Gasteiger charge is -2.30. The molecule has 3 rings (SSSR count). The monoisotopic (exact) mass is 316 g/mol. The van der Waals surface area contributed by atoms with Crippen molar-refractivity contribution in [2.75, 3.05) is 6.54 Å². The van der Waals surface area contributed by atoms with Crippen LogP contribution in [0.1, 0.15) is 27.5 Å². The molecule has 1 N–H and O–H groups in total. The van der Waals surface area contributed by atoms with Crippen LogP contribution in [0.2, 0.25) is 0 Å². The quantitative estimate of drug-likeness (QED) is 0.946. The van der Waals surface area contributed by atoms with Gasteiger partial charge in [0, 0.05) is 23.1 Å². The summed E-state index contributed by atoms with van der Waals surface area (Å²) in [5, 5.41) is 2.94. The molecule has 1 aliphatic rings. The van der Waals surface area contributed by atoms with E-state index in [1.165, 1.54) is 11.1 Å². The Labute approximate surface area is 120 Å². The molecule has 1 heterocycles. The van der Waals surface area contributed by atoms with Crippen LogP contribution in [-0.2, 0) is 6.42 Å². The topological polar surface area (TPSA) is 42.0 Å². The van der Waals surface area contributed by atoms with Gasteiger partial charge in [-0.3, -0.25) is 4.79 Å². The average Bonchev–Trinajstić information content (AvgIpc) is 2.40. The summed E-state index contributed by atoms with van der Waals surface area (Å²) in [4.78, 5) is 16.0. The molecular weight excluding hydrogens is 304 g/mol. The number of pyridine rings is 1. The Morgan fingerprint density at radius 2 is 2.16 bits per heavy atom. The van der Waals surface area contributed by atoms with E-state index in [0.717, 1.165) is 10.9 Å². The minimum absolute atomic E-state index is 0.114. The van der Waals surface area contributed by atoms with E-state index in [0.29, 0.717) is 18.2 Å². The molecule has 0 saturated carbocycles. The molecule has 2 aromatic rings. The van der Waals surface area contributed by atoms with Crippen LogP contribution < -0.4 is 5.32 Å². The number of carbonyl (C=O) groups is 1. The van der Waals surface area contributed by atoms with E-state index < -0.39 is 0 Å². The van der Waals surface area contributed by atoms with E-state index in [1.807, 2.05) is 12.1 Å². The van der Waals surface area contributed by atoms with Gasteiger partial charge in [-0.2, -0.15) is 0 Å². The van der Waals surface area contributed by atoms with E-state index in [2.05, 4.69) is 44.4 Å². The number of amides is 1. The second-order valence-corrected chi connectivity index (χ2v) is 5.59. The van der Waals surface area contributed by atoms with Gasteiger partial charge in [-0.25, -0.2) is 4.98 Å². The Hall–Kier alpha value is -1.68. The van der Waals surface area contributed by atoms with E-state index in [4.69, 9.17) is 0 Å². The second kappa shape index (κ2) is 5.13. The van der Waals surface area contributed by atoms with Crippen molar-refractivity contribution in [3.8, 4) is 0 Å². The third-order valence-electron chi connectivity index (χ3n) is 3.43. The number of benzene rings is 1. The summed E-state index contributed by atoms with van der Waals surface area (Å²) in [5.74, 6) is 0.326. The van der Waals surface area contributed by atoms with Crippen LogP contribution in [0.15, 0.2) is 47.1 Å². The van der Waals surface area contributed by atoms with Crippen LogP contribution in [0.25, 0.3) is 0 Å². The number of rotatable bonds is 3. The summed E-state index contributed by atoms with van der Waals surface area (Å²) in [6.45, 7) is 0.674. The number of hydrogen-bond donors (Lipinski definition) is 1. The maximum absolute atomic E-state index is 11.9. The summed E-state index contributed by atoms with van der Waals surface area (Å²) >= 11 is 3.30. The number of nitrogens with one attached hydrogen (secondary N) is 1. The summed E-state index contributed by atoms with van der Waals surface area (Å²) in [7, 11) is 0. The molecule has 1 aromatic heterocycles. The molecular formula is C15H13BrN2O. The van der Waals surface area contributed by atoms with Crippen LogP contribution in [0.5, 0.6) is 0 Å². The van der Waals surface area contributed by atoms with Gasteiger partial charge in [-0.15, -0.1) is 0 Å². The fourth-order valence-corrected chi connectivity index (χ4v) is 2.60. The molecule has 1 atom stereocenters. The number of hydrogen-bond acceptors (Lipinski definition) is 2. The van der Waals surface area contributed by atoms with Crippen molar-refractivity contribution in [2.24, 2.45) is 0 Å². The van der Waals surface area contributed by atoms with Crippen molar-refractivity contribution in [1.29, 1.82) is 0 Å². The van der Waals surface area contributed by atoms with Crippen LogP contribution in [0, 0.1) is 0 Å². The number of nitrogens with zero attached hydrogens (tertiary/aromatic N) is 1. The van der Waals surface area contributed by atoms with Gasteiger partial charge < -0.3 is 5.32 Å². The number of carbonyl (C=O) groups excluding carboxylic acids is 1. The first-order valence-corrected chi connectivity index (χ1v) is 7.01. The summed E-state index contributed by atoms with van der Waals surface area (Å²) < 4.78 is 0.872. The zero-order valence-corrected chi connectivity index (χ0v) is 11.9. The fourth-order valence-electron chi connectivity index (χ4n) is 2.36. The minimum Gasteiger partial charge on any atom is -0.350 e. The highest BCUT2D eigenvalue weighted by Gasteiger charge is 2.25. The Bertz CT molecular complexity index is 610. The smallest absolute Gasteiger partial charge is 0.269 e. The van der Waals surface area contributed by atoms with Crippen molar-refractivity contribution in [1.82, 2.24) is 10.3 Å². The highest BCUT2D eigenvalue weighted by molar-refractivity contribution is 9.10. The van der Waals surface area contributed by atoms with Gasteiger partial charge in [0.15, 0.2) is 0 Å². The van der Waals surface area contributed by atoms with E-state index >= 15 is 0 Å². The minimum atomic E-state index is -0.114. The molecule has 3 nitrogen and oxygen atoms in total. The maximum Gasteiger partial charge on any atom is 0.269 e. The Morgan fingerprint density at radius 3 is 2.89 bits per heavy atom. The highest BCUT2D eigenvalue weighted by atomic mass is 79.9. The van der Waals surface area contributed by atoms with Crippen molar-refractivity contribution in [2.45, 2.75) is 12.3 Å². The third kappa shape index (κ3) is 2.54. The largest absolute Gasteiger partial charge is 0.350 e. The van der Waals surface area contributed by atoms with Crippen LogP contribution in [0.4, 0.5) is 0 Å². The number of fused-ring (bicyclic) bond motifs is 1. The summed E-state index contributed by atoms with van der Waals surface area (Å²) in [6.07, 6.45) is 2.68. The van der Waals surface area contributed by atoms with Gasteiger partial charge in [-0.05, 0) is 45.6 Å². The van der Waals surface area contributed by atoms with E-state index in [-0.39, 0.29) is 5.91 Å². The first-order valence-electron chi connectivity index (χ1n) is 6.21. The number of aromatic nitrogens is 1. The molecule has 1 aromatic carbocycles. The predicted octanol–water partition coefficient (Wildman–Crippen LogP) is 2.91. The predicted molar refractivity (Wildman–Crippen MR) is 77.2 cm³/mol. The summed E-state index contributed by atoms with van der Waals surface area (Å²) in [5.41, 5.74) is 3.20. The Kier molecular flexibility index (Phi) is 3.34. The molecule has 0 radical (unpaired) electrons. The van der Waals surface area contributed by atoms with Crippen molar-refractivity contribution in [3.05, 3.63) is 63.9 Å². The first-order chi connectivity index (χ1) is 9.24. The molecule has 96 valence electrons. The lowest BCUT2D eigenvalue weighted by Crippen LogP contribution is -2.33. The molecule has 0 fully saturated rings. The van der Waals surface area contributed by atoms with Crippen LogP contribution in [0.3, 0.4) is 0 Å². The summed E-state index contributed by atoms with van der Waals surface area (Å²) in [6, 6.07) is 11.9. The normalized spacial score (nSPS) is 16.4. The molecule has 19 heavy (non-hydrogen) atoms. The Morgan fingerprint density at radius 1 is 1.32 bits per heavy atom. The first kappa shape index (κ1) is 12.4. The molecule has 0 saturated heterocycles. The van der Waals surface area contributed by atoms with Crippen molar-refractivity contribution >= 4 is 21.8 Å². The zero-order chi connectivity index (χ0) is 13.2. The van der Waals surface area contributed by atoms with Gasteiger partial charge in [0.05, 0.1) is 0 Å². The standard InChI is InChI=1S/C15H13BrN2O/c16-12-5-6-14(17-9-12)15(19)18-8-11-7-10-3-1-2-4-13(10)11/h1-6,9,11H,7-8H2,(H,18,19). The number of halogens is 1. The van der Waals surface area contributed by atoms with Gasteiger partial charge in [0.25, 0.3) is 5.91 Å². The van der Waals surface area contributed by atoms with Crippen LogP contribution >= 0.6 is 15.9 Å². The lowest BCUT2D eigenvalue weighted by molar-refractivity contribution is 0.0945. The molecule has 0 spiro atoms. The highest BCUT2D eigenvalue weighted by Crippen LogP contribution is 2.33. The van der Waals surface area contributed by atoms with Crippen LogP contribution in [-0.4, -0.2) is 17.4 Å². The van der Waals surface area contributed by atoms with Gasteiger partial charge in [-0.1, -0.05) is 24.3 Å². The average molecular weight is 317 g/mol. The molecule has 0 bridgehead atoms. The van der Waals surface area contributed by atoms with E-state index in [9.17, 15) is 4.79 Å². The fraction of sp³-hybridized carbons (Fsp3) is 0.200. The van der Waals surface area contributed by atoms with E-state index in [1.54, 1.807) is 12.3 Å². The SMILES string of the molecule is O=C(NCC1Cc2ccccc21)c1ccc(Br)cn1. The molecule has 0 aliphatic heterocycles. The van der Waals surface area contributed by atoms with Gasteiger partial charge in [0.2, 0.25) is 0 Å². The third-order valence-corrected chi connectivity index (χ3v) is 3.90. The van der Waals surface area contributed by atoms with Crippen molar-refractivity contribution in [3.63, 3.8) is 0 Å². The zero-order valence-electron chi connectivity index (χ0n) is 10.3. The lowest BCUT2D eigenvalue weighted by atomic mass is 9.77. The second-order valence-electron chi connectivity index (χ2n) is 4.67. The molecule has 1 aliphatic carbocycles. The van der Waals surface area contributed by atoms with Crippen molar-refractivity contribution < 1.29 is 4.79 Å². The Balaban J connectivity index is 1.59. The van der Waals surface area contributed by atoms with Gasteiger partial charge in [0.1, 0.15) is 5.69 Å². The molecule has 1 unspecified atom stereocenters. The molecule has 1 amide bonds. The van der Waals surface area contributed by atoms with Gasteiger partial charge >= 0.3 is 0 Å². The molecule has 4 heteroatoms. The maximum atomic E-state index is 11.9.